The Morgan fingerprint density at radius 3 is 2.52 bits per heavy atom. The van der Waals surface area contributed by atoms with Crippen LogP contribution in [-0.4, -0.2) is 63.1 Å². The largest absolute Gasteiger partial charge is 0.369 e. The smallest absolute Gasteiger partial charge is 0.254 e. The SMILES string of the molecule is O=C(CCNc1cc(-c2ccccc2)nc2ncnn12)N1CCN(c2ccc(F)cc2)CC1. The predicted molar refractivity (Wildman–Crippen MR) is 125 cm³/mol. The molecular formula is C24H24FN7O. The van der Waals surface area contributed by atoms with E-state index >= 15 is 0 Å². The van der Waals surface area contributed by atoms with Crippen LogP contribution in [0, 0.1) is 5.82 Å². The summed E-state index contributed by atoms with van der Waals surface area (Å²) in [5.41, 5.74) is 2.76. The van der Waals surface area contributed by atoms with Gasteiger partial charge in [0.05, 0.1) is 5.69 Å². The number of rotatable bonds is 6. The molecule has 1 aliphatic heterocycles. The molecular weight excluding hydrogens is 421 g/mol. The Kier molecular flexibility index (Phi) is 5.84. The van der Waals surface area contributed by atoms with Crippen molar-refractivity contribution in [2.24, 2.45) is 0 Å². The van der Waals surface area contributed by atoms with Gasteiger partial charge in [0.15, 0.2) is 0 Å². The molecule has 5 rings (SSSR count). The molecule has 0 spiro atoms. The zero-order valence-corrected chi connectivity index (χ0v) is 18.1. The zero-order chi connectivity index (χ0) is 22.6. The van der Waals surface area contributed by atoms with Crippen LogP contribution in [0.3, 0.4) is 0 Å². The molecule has 1 saturated heterocycles. The summed E-state index contributed by atoms with van der Waals surface area (Å²) in [6, 6.07) is 18.3. The van der Waals surface area contributed by atoms with Crippen LogP contribution >= 0.6 is 0 Å². The number of carbonyl (C=O) groups is 1. The number of nitrogens with one attached hydrogen (secondary N) is 1. The van der Waals surface area contributed by atoms with E-state index in [9.17, 15) is 9.18 Å². The Bertz CT molecular complexity index is 1230. The lowest BCUT2D eigenvalue weighted by Crippen LogP contribution is -2.49. The Hall–Kier alpha value is -4.01. The molecule has 4 aromatic rings. The van der Waals surface area contributed by atoms with Gasteiger partial charge in [-0.25, -0.2) is 9.37 Å². The molecule has 3 heterocycles. The molecule has 9 heteroatoms. The highest BCUT2D eigenvalue weighted by atomic mass is 19.1. The van der Waals surface area contributed by atoms with Crippen molar-refractivity contribution in [1.29, 1.82) is 0 Å². The van der Waals surface area contributed by atoms with Crippen molar-refractivity contribution in [2.45, 2.75) is 6.42 Å². The monoisotopic (exact) mass is 445 g/mol. The summed E-state index contributed by atoms with van der Waals surface area (Å²) in [5.74, 6) is 1.11. The Morgan fingerprint density at radius 2 is 1.76 bits per heavy atom. The van der Waals surface area contributed by atoms with E-state index in [1.54, 1.807) is 16.6 Å². The Balaban J connectivity index is 1.18. The number of carbonyl (C=O) groups excluding carboxylic acids is 1. The summed E-state index contributed by atoms with van der Waals surface area (Å²) in [6.45, 7) is 3.24. The highest BCUT2D eigenvalue weighted by Gasteiger charge is 2.21. The van der Waals surface area contributed by atoms with Crippen LogP contribution in [0.2, 0.25) is 0 Å². The third kappa shape index (κ3) is 4.62. The molecule has 1 aliphatic rings. The van der Waals surface area contributed by atoms with Crippen molar-refractivity contribution < 1.29 is 9.18 Å². The minimum Gasteiger partial charge on any atom is -0.369 e. The summed E-state index contributed by atoms with van der Waals surface area (Å²) in [7, 11) is 0. The molecule has 0 bridgehead atoms. The number of nitrogens with zero attached hydrogens (tertiary/aromatic N) is 6. The number of benzene rings is 2. The second-order valence-corrected chi connectivity index (χ2v) is 7.89. The van der Waals surface area contributed by atoms with E-state index in [2.05, 4.69) is 25.3 Å². The van der Waals surface area contributed by atoms with Gasteiger partial charge in [0.1, 0.15) is 18.0 Å². The average molecular weight is 446 g/mol. The van der Waals surface area contributed by atoms with Gasteiger partial charge < -0.3 is 15.1 Å². The van der Waals surface area contributed by atoms with Gasteiger partial charge in [-0.2, -0.15) is 14.6 Å². The molecule has 1 fully saturated rings. The molecule has 0 saturated carbocycles. The first-order chi connectivity index (χ1) is 16.2. The Morgan fingerprint density at radius 1 is 1.00 bits per heavy atom. The van der Waals surface area contributed by atoms with Gasteiger partial charge in [-0.05, 0) is 24.3 Å². The molecule has 1 N–H and O–H groups in total. The van der Waals surface area contributed by atoms with Gasteiger partial charge in [-0.3, -0.25) is 4.79 Å². The normalized spacial score (nSPS) is 14.0. The van der Waals surface area contributed by atoms with Crippen LogP contribution in [0.15, 0.2) is 67.0 Å². The van der Waals surface area contributed by atoms with Crippen LogP contribution in [0.5, 0.6) is 0 Å². The third-order valence-corrected chi connectivity index (χ3v) is 5.79. The summed E-state index contributed by atoms with van der Waals surface area (Å²) >= 11 is 0. The number of fused-ring (bicyclic) bond motifs is 1. The van der Waals surface area contributed by atoms with Crippen LogP contribution < -0.4 is 10.2 Å². The van der Waals surface area contributed by atoms with Crippen molar-refractivity contribution in [3.05, 3.63) is 72.8 Å². The molecule has 0 atom stereocenters. The van der Waals surface area contributed by atoms with Gasteiger partial charge in [0.25, 0.3) is 5.78 Å². The topological polar surface area (TPSA) is 78.7 Å². The number of piperazine rings is 1. The maximum atomic E-state index is 13.1. The second kappa shape index (κ2) is 9.23. The van der Waals surface area contributed by atoms with Gasteiger partial charge in [0.2, 0.25) is 5.91 Å². The lowest BCUT2D eigenvalue weighted by Gasteiger charge is -2.36. The highest BCUT2D eigenvalue weighted by molar-refractivity contribution is 5.77. The predicted octanol–water partition coefficient (Wildman–Crippen LogP) is 3.08. The van der Waals surface area contributed by atoms with E-state index in [1.807, 2.05) is 41.3 Å². The maximum Gasteiger partial charge on any atom is 0.254 e. The minimum absolute atomic E-state index is 0.105. The summed E-state index contributed by atoms with van der Waals surface area (Å²) in [4.78, 5) is 25.6. The van der Waals surface area contributed by atoms with Crippen LogP contribution in [0.4, 0.5) is 15.9 Å². The zero-order valence-electron chi connectivity index (χ0n) is 18.1. The first-order valence-electron chi connectivity index (χ1n) is 11.0. The molecule has 1 amide bonds. The third-order valence-electron chi connectivity index (χ3n) is 5.79. The first-order valence-corrected chi connectivity index (χ1v) is 11.0. The van der Waals surface area contributed by atoms with Gasteiger partial charge in [0, 0.05) is 56.5 Å². The molecule has 33 heavy (non-hydrogen) atoms. The average Bonchev–Trinajstić information content (AvgIpc) is 3.34. The molecule has 2 aromatic carbocycles. The quantitative estimate of drug-likeness (QED) is 0.492. The number of amides is 1. The van der Waals surface area contributed by atoms with Gasteiger partial charge in [-0.15, -0.1) is 0 Å². The number of anilines is 2. The van der Waals surface area contributed by atoms with E-state index in [-0.39, 0.29) is 11.7 Å². The molecule has 8 nitrogen and oxygen atoms in total. The maximum absolute atomic E-state index is 13.1. The molecule has 0 unspecified atom stereocenters. The van der Waals surface area contributed by atoms with Crippen LogP contribution in [0.1, 0.15) is 6.42 Å². The van der Waals surface area contributed by atoms with E-state index < -0.39 is 0 Å². The number of hydrogen-bond donors (Lipinski definition) is 1. The van der Waals surface area contributed by atoms with E-state index in [1.165, 1.54) is 18.5 Å². The fourth-order valence-electron chi connectivity index (χ4n) is 4.02. The summed E-state index contributed by atoms with van der Waals surface area (Å²) < 4.78 is 14.8. The lowest BCUT2D eigenvalue weighted by atomic mass is 10.1. The molecule has 0 radical (unpaired) electrons. The number of halogens is 1. The van der Waals surface area contributed by atoms with E-state index in [4.69, 9.17) is 0 Å². The fourth-order valence-corrected chi connectivity index (χ4v) is 4.02. The van der Waals surface area contributed by atoms with E-state index in [0.717, 1.165) is 35.9 Å². The number of hydrogen-bond acceptors (Lipinski definition) is 6. The van der Waals surface area contributed by atoms with Crippen molar-refractivity contribution >= 4 is 23.2 Å². The van der Waals surface area contributed by atoms with Gasteiger partial charge >= 0.3 is 0 Å². The van der Waals surface area contributed by atoms with Crippen molar-refractivity contribution in [3.8, 4) is 11.3 Å². The van der Waals surface area contributed by atoms with Crippen molar-refractivity contribution in [1.82, 2.24) is 24.5 Å². The van der Waals surface area contributed by atoms with E-state index in [0.29, 0.717) is 31.8 Å². The Labute approximate surface area is 190 Å². The highest BCUT2D eigenvalue weighted by Crippen LogP contribution is 2.21. The first kappa shape index (κ1) is 20.9. The molecule has 0 aliphatic carbocycles. The summed E-state index contributed by atoms with van der Waals surface area (Å²) in [6.07, 6.45) is 1.84. The fraction of sp³-hybridized carbons (Fsp3) is 0.250. The molecule has 168 valence electrons. The van der Waals surface area contributed by atoms with Gasteiger partial charge in [-0.1, -0.05) is 30.3 Å². The lowest BCUT2D eigenvalue weighted by molar-refractivity contribution is -0.131. The van der Waals surface area contributed by atoms with Crippen LogP contribution in [-0.2, 0) is 4.79 Å². The minimum atomic E-state index is -0.242. The van der Waals surface area contributed by atoms with Crippen molar-refractivity contribution in [3.63, 3.8) is 0 Å². The van der Waals surface area contributed by atoms with Crippen molar-refractivity contribution in [2.75, 3.05) is 42.9 Å². The van der Waals surface area contributed by atoms with Crippen LogP contribution in [0.25, 0.3) is 17.0 Å². The molecule has 2 aromatic heterocycles. The second-order valence-electron chi connectivity index (χ2n) is 7.89. The number of aromatic nitrogens is 4. The standard InChI is InChI=1S/C24H24FN7O/c25-19-6-8-20(9-7-19)30-12-14-31(15-13-30)23(33)10-11-26-22-16-21(18-4-2-1-3-5-18)29-24-27-17-28-32(22)24/h1-9,16-17,26H,10-15H2. The summed E-state index contributed by atoms with van der Waals surface area (Å²) in [5, 5.41) is 7.56.